The highest BCUT2D eigenvalue weighted by Crippen LogP contribution is 2.24. The van der Waals surface area contributed by atoms with E-state index >= 15 is 0 Å². The first-order chi connectivity index (χ1) is 10.6. The molecule has 0 bridgehead atoms. The Bertz CT molecular complexity index is 823. The molecule has 3 rings (SSSR count). The smallest absolute Gasteiger partial charge is 0.325 e. The van der Waals surface area contributed by atoms with Crippen molar-refractivity contribution in [1.82, 2.24) is 19.9 Å². The van der Waals surface area contributed by atoms with Crippen molar-refractivity contribution < 1.29 is 9.90 Å². The predicted octanol–water partition coefficient (Wildman–Crippen LogP) is 1.97. The Kier molecular flexibility index (Phi) is 3.61. The lowest BCUT2D eigenvalue weighted by atomic mass is 10.2. The van der Waals surface area contributed by atoms with Crippen molar-refractivity contribution in [1.29, 1.82) is 0 Å². The molecule has 0 amide bonds. The van der Waals surface area contributed by atoms with Gasteiger partial charge in [-0.3, -0.25) is 14.8 Å². The average Bonchev–Trinajstić information content (AvgIpc) is 2.55. The molecule has 0 aromatic carbocycles. The highest BCUT2D eigenvalue weighted by molar-refractivity contribution is 5.91. The van der Waals surface area contributed by atoms with Crippen LogP contribution >= 0.6 is 0 Å². The van der Waals surface area contributed by atoms with Crippen molar-refractivity contribution in [2.75, 3.05) is 5.32 Å². The van der Waals surface area contributed by atoms with E-state index in [1.807, 2.05) is 0 Å². The largest absolute Gasteiger partial charge is 0.480 e. The van der Waals surface area contributed by atoms with E-state index in [-0.39, 0.29) is 0 Å². The van der Waals surface area contributed by atoms with Crippen LogP contribution in [0.25, 0.3) is 22.3 Å². The maximum absolute atomic E-state index is 11.1. The van der Waals surface area contributed by atoms with Gasteiger partial charge in [-0.1, -0.05) is 0 Å². The van der Waals surface area contributed by atoms with Crippen LogP contribution in [-0.2, 0) is 4.79 Å². The van der Waals surface area contributed by atoms with Crippen LogP contribution in [0.1, 0.15) is 6.92 Å². The van der Waals surface area contributed by atoms with Crippen LogP contribution < -0.4 is 5.32 Å². The summed E-state index contributed by atoms with van der Waals surface area (Å²) in [4.78, 5) is 28.0. The lowest BCUT2D eigenvalue weighted by Gasteiger charge is -2.13. The zero-order chi connectivity index (χ0) is 15.5. The number of fused-ring (bicyclic) bond motifs is 1. The molecule has 0 fully saturated rings. The fraction of sp³-hybridized carbons (Fsp3) is 0.133. The molecule has 0 aliphatic carbocycles. The Hall–Kier alpha value is -3.09. The maximum Gasteiger partial charge on any atom is 0.325 e. The Morgan fingerprint density at radius 1 is 1.14 bits per heavy atom. The van der Waals surface area contributed by atoms with Crippen LogP contribution in [0.5, 0.6) is 0 Å². The first-order valence-corrected chi connectivity index (χ1v) is 6.66. The maximum atomic E-state index is 11.1. The topological polar surface area (TPSA) is 101 Å². The predicted molar refractivity (Wildman–Crippen MR) is 81.3 cm³/mol. The molecule has 7 heteroatoms. The minimum Gasteiger partial charge on any atom is -0.480 e. The van der Waals surface area contributed by atoms with Gasteiger partial charge in [0.1, 0.15) is 11.9 Å². The van der Waals surface area contributed by atoms with E-state index in [0.29, 0.717) is 17.2 Å². The molecule has 1 unspecified atom stereocenters. The quantitative estimate of drug-likeness (QED) is 0.758. The number of anilines is 1. The standard InChI is InChI=1S/C15H13N5O2/c1-9(15(21)22)18-14-11-4-7-17-8-12(11)19-13(20-14)10-2-5-16-6-3-10/h2-9H,1H3,(H,21,22)(H,18,19,20). The van der Waals surface area contributed by atoms with E-state index in [2.05, 4.69) is 25.3 Å². The Morgan fingerprint density at radius 3 is 2.59 bits per heavy atom. The second-order valence-corrected chi connectivity index (χ2v) is 4.73. The van der Waals surface area contributed by atoms with E-state index in [0.717, 1.165) is 10.9 Å². The number of nitrogens with zero attached hydrogens (tertiary/aromatic N) is 4. The van der Waals surface area contributed by atoms with Gasteiger partial charge in [0.15, 0.2) is 5.82 Å². The van der Waals surface area contributed by atoms with Crippen molar-refractivity contribution in [3.8, 4) is 11.4 Å². The highest BCUT2D eigenvalue weighted by atomic mass is 16.4. The molecule has 22 heavy (non-hydrogen) atoms. The van der Waals surface area contributed by atoms with E-state index < -0.39 is 12.0 Å². The molecule has 0 aliphatic heterocycles. The lowest BCUT2D eigenvalue weighted by molar-refractivity contribution is -0.137. The number of hydrogen-bond donors (Lipinski definition) is 2. The van der Waals surface area contributed by atoms with Gasteiger partial charge in [-0.15, -0.1) is 0 Å². The van der Waals surface area contributed by atoms with Gasteiger partial charge in [0.05, 0.1) is 11.7 Å². The molecule has 3 aromatic heterocycles. The monoisotopic (exact) mass is 295 g/mol. The molecule has 0 aliphatic rings. The third kappa shape index (κ3) is 2.69. The molecule has 3 aromatic rings. The molecular weight excluding hydrogens is 282 g/mol. The van der Waals surface area contributed by atoms with Gasteiger partial charge in [0.2, 0.25) is 0 Å². The minimum atomic E-state index is -0.953. The van der Waals surface area contributed by atoms with Gasteiger partial charge in [-0.25, -0.2) is 9.97 Å². The summed E-state index contributed by atoms with van der Waals surface area (Å²) < 4.78 is 0. The fourth-order valence-electron chi connectivity index (χ4n) is 1.99. The fourth-order valence-corrected chi connectivity index (χ4v) is 1.99. The number of hydrogen-bond acceptors (Lipinski definition) is 6. The zero-order valence-corrected chi connectivity index (χ0v) is 11.8. The molecule has 0 radical (unpaired) electrons. The number of rotatable bonds is 4. The first kappa shape index (κ1) is 13.9. The van der Waals surface area contributed by atoms with Crippen LogP contribution in [0, 0.1) is 0 Å². The summed E-state index contributed by atoms with van der Waals surface area (Å²) in [5.74, 6) is 0.00313. The number of nitrogens with one attached hydrogen (secondary N) is 1. The number of carbonyl (C=O) groups is 1. The molecule has 110 valence electrons. The Morgan fingerprint density at radius 2 is 1.86 bits per heavy atom. The zero-order valence-electron chi connectivity index (χ0n) is 11.8. The van der Waals surface area contributed by atoms with Gasteiger partial charge < -0.3 is 10.4 Å². The molecular formula is C15H13N5O2. The van der Waals surface area contributed by atoms with E-state index in [1.165, 1.54) is 0 Å². The molecule has 2 N–H and O–H groups in total. The molecule has 0 saturated heterocycles. The summed E-state index contributed by atoms with van der Waals surface area (Å²) in [5.41, 5.74) is 1.44. The minimum absolute atomic E-state index is 0.467. The number of aliphatic carboxylic acids is 1. The number of carboxylic acids is 1. The Balaban J connectivity index is 2.14. The molecule has 0 saturated carbocycles. The number of aromatic nitrogens is 4. The van der Waals surface area contributed by atoms with Crippen LogP contribution in [-0.4, -0.2) is 37.1 Å². The third-order valence-corrected chi connectivity index (χ3v) is 3.16. The van der Waals surface area contributed by atoms with Gasteiger partial charge in [-0.05, 0) is 25.1 Å². The molecule has 7 nitrogen and oxygen atoms in total. The summed E-state index contributed by atoms with van der Waals surface area (Å²) in [5, 5.41) is 12.7. The van der Waals surface area contributed by atoms with Crippen molar-refractivity contribution in [3.05, 3.63) is 43.0 Å². The molecule has 3 heterocycles. The summed E-state index contributed by atoms with van der Waals surface area (Å²) in [6.07, 6.45) is 6.55. The van der Waals surface area contributed by atoms with Crippen LogP contribution in [0.15, 0.2) is 43.0 Å². The van der Waals surface area contributed by atoms with Crippen LogP contribution in [0.2, 0.25) is 0 Å². The van der Waals surface area contributed by atoms with Crippen LogP contribution in [0.3, 0.4) is 0 Å². The van der Waals surface area contributed by atoms with Gasteiger partial charge in [0, 0.05) is 29.5 Å². The third-order valence-electron chi connectivity index (χ3n) is 3.16. The van der Waals surface area contributed by atoms with Gasteiger partial charge in [-0.2, -0.15) is 0 Å². The van der Waals surface area contributed by atoms with Crippen LogP contribution in [0.4, 0.5) is 5.82 Å². The normalized spacial score (nSPS) is 12.0. The van der Waals surface area contributed by atoms with Gasteiger partial charge >= 0.3 is 5.97 Å². The second-order valence-electron chi connectivity index (χ2n) is 4.73. The van der Waals surface area contributed by atoms with E-state index in [1.54, 1.807) is 49.9 Å². The highest BCUT2D eigenvalue weighted by Gasteiger charge is 2.15. The van der Waals surface area contributed by atoms with Gasteiger partial charge in [0.25, 0.3) is 0 Å². The number of pyridine rings is 2. The first-order valence-electron chi connectivity index (χ1n) is 6.66. The van der Waals surface area contributed by atoms with Crippen molar-refractivity contribution in [2.45, 2.75) is 13.0 Å². The van der Waals surface area contributed by atoms with Crippen molar-refractivity contribution in [2.24, 2.45) is 0 Å². The van der Waals surface area contributed by atoms with Crippen molar-refractivity contribution in [3.63, 3.8) is 0 Å². The summed E-state index contributed by atoms with van der Waals surface area (Å²) in [6.45, 7) is 1.56. The Labute approximate surface area is 126 Å². The van der Waals surface area contributed by atoms with E-state index in [9.17, 15) is 4.79 Å². The molecule has 0 spiro atoms. The second kappa shape index (κ2) is 5.72. The average molecular weight is 295 g/mol. The number of carboxylic acid groups (broad SMARTS) is 1. The summed E-state index contributed by atoms with van der Waals surface area (Å²) in [7, 11) is 0. The summed E-state index contributed by atoms with van der Waals surface area (Å²) >= 11 is 0. The van der Waals surface area contributed by atoms with Crippen molar-refractivity contribution >= 4 is 22.7 Å². The lowest BCUT2D eigenvalue weighted by Crippen LogP contribution is -2.26. The molecule has 1 atom stereocenters. The SMILES string of the molecule is CC(Nc1nc(-c2ccncc2)nc2cnccc12)C(=O)O. The summed E-state index contributed by atoms with van der Waals surface area (Å²) in [6, 6.07) is 4.57. The van der Waals surface area contributed by atoms with E-state index in [4.69, 9.17) is 5.11 Å².